The second-order valence-corrected chi connectivity index (χ2v) is 5.89. The highest BCUT2D eigenvalue weighted by molar-refractivity contribution is 5.88. The van der Waals surface area contributed by atoms with Crippen LogP contribution in [0.25, 0.3) is 0 Å². The number of esters is 1. The van der Waals surface area contributed by atoms with Gasteiger partial charge in [0.05, 0.1) is 18.4 Å². The third-order valence-electron chi connectivity index (χ3n) is 4.27. The number of methoxy groups -OCH3 is 1. The number of hydrogen-bond acceptors (Lipinski definition) is 4. The summed E-state index contributed by atoms with van der Waals surface area (Å²) in [4.78, 5) is 18.3. The topological polar surface area (TPSA) is 42.4 Å². The number of hydrogen-bond donors (Lipinski definition) is 0. The summed E-state index contributed by atoms with van der Waals surface area (Å²) in [6.07, 6.45) is 8.21. The van der Waals surface area contributed by atoms with Crippen molar-refractivity contribution in [2.45, 2.75) is 45.6 Å². The highest BCUT2D eigenvalue weighted by atomic mass is 16.5. The maximum absolute atomic E-state index is 11.4. The molecule has 1 fully saturated rings. The molecule has 0 radical (unpaired) electrons. The second kappa shape index (κ2) is 8.13. The van der Waals surface area contributed by atoms with Gasteiger partial charge in [0.15, 0.2) is 0 Å². The van der Waals surface area contributed by atoms with Gasteiger partial charge in [-0.2, -0.15) is 0 Å². The predicted molar refractivity (Wildman–Crippen MR) is 83.1 cm³/mol. The fourth-order valence-corrected chi connectivity index (χ4v) is 3.07. The van der Waals surface area contributed by atoms with Crippen LogP contribution in [0.2, 0.25) is 0 Å². The van der Waals surface area contributed by atoms with E-state index in [0.29, 0.717) is 5.56 Å². The van der Waals surface area contributed by atoms with Crippen LogP contribution in [-0.4, -0.2) is 36.1 Å². The minimum atomic E-state index is -0.328. The molecular weight excluding hydrogens is 264 g/mol. The average Bonchev–Trinajstić information content (AvgIpc) is 2.73. The van der Waals surface area contributed by atoms with Crippen LogP contribution >= 0.6 is 0 Å². The zero-order valence-corrected chi connectivity index (χ0v) is 13.2. The molecule has 0 spiro atoms. The van der Waals surface area contributed by atoms with Crippen molar-refractivity contribution in [2.75, 3.05) is 20.2 Å². The summed E-state index contributed by atoms with van der Waals surface area (Å²) in [5.41, 5.74) is 1.54. The molecule has 1 aromatic heterocycles. The van der Waals surface area contributed by atoms with Gasteiger partial charge < -0.3 is 4.74 Å². The zero-order valence-electron chi connectivity index (χ0n) is 13.2. The lowest BCUT2D eigenvalue weighted by atomic mass is 9.96. The molecule has 116 valence electrons. The van der Waals surface area contributed by atoms with Gasteiger partial charge >= 0.3 is 5.97 Å². The van der Waals surface area contributed by atoms with Crippen LogP contribution in [0, 0.1) is 5.92 Å². The molecule has 0 saturated carbocycles. The number of ether oxygens (including phenoxy) is 1. The zero-order chi connectivity index (χ0) is 15.1. The minimum Gasteiger partial charge on any atom is -0.465 e. The van der Waals surface area contributed by atoms with Crippen molar-refractivity contribution in [1.82, 2.24) is 9.88 Å². The van der Waals surface area contributed by atoms with E-state index in [1.807, 2.05) is 6.07 Å². The van der Waals surface area contributed by atoms with E-state index in [1.54, 1.807) is 12.3 Å². The number of aromatic nitrogens is 1. The molecule has 1 aromatic rings. The van der Waals surface area contributed by atoms with Crippen LogP contribution in [0.3, 0.4) is 0 Å². The molecule has 2 heterocycles. The Morgan fingerprint density at radius 2 is 2.24 bits per heavy atom. The van der Waals surface area contributed by atoms with Crippen molar-refractivity contribution in [3.8, 4) is 0 Å². The van der Waals surface area contributed by atoms with Crippen molar-refractivity contribution < 1.29 is 9.53 Å². The first kappa shape index (κ1) is 16.0. The number of rotatable bonds is 5. The lowest BCUT2D eigenvalue weighted by Crippen LogP contribution is -2.24. The molecule has 4 heteroatoms. The number of pyridine rings is 1. The Morgan fingerprint density at radius 3 is 2.90 bits per heavy atom. The normalized spacial score (nSPS) is 20.0. The molecule has 0 aliphatic carbocycles. The van der Waals surface area contributed by atoms with E-state index < -0.39 is 0 Å². The van der Waals surface area contributed by atoms with Gasteiger partial charge in [0.1, 0.15) is 0 Å². The molecule has 0 bridgehead atoms. The summed E-state index contributed by atoms with van der Waals surface area (Å²) in [7, 11) is 1.39. The minimum absolute atomic E-state index is 0.328. The molecule has 0 N–H and O–H groups in total. The van der Waals surface area contributed by atoms with Crippen molar-refractivity contribution in [3.05, 3.63) is 29.6 Å². The fourth-order valence-electron chi connectivity index (χ4n) is 3.07. The van der Waals surface area contributed by atoms with Gasteiger partial charge in [-0.1, -0.05) is 19.8 Å². The van der Waals surface area contributed by atoms with Gasteiger partial charge in [-0.05, 0) is 50.4 Å². The Bertz CT molecular complexity index is 445. The molecule has 0 aromatic carbocycles. The monoisotopic (exact) mass is 290 g/mol. The van der Waals surface area contributed by atoms with E-state index in [2.05, 4.69) is 21.5 Å². The van der Waals surface area contributed by atoms with E-state index in [-0.39, 0.29) is 5.97 Å². The van der Waals surface area contributed by atoms with Gasteiger partial charge in [-0.3, -0.25) is 9.88 Å². The Kier molecular flexibility index (Phi) is 6.18. The molecule has 4 nitrogen and oxygen atoms in total. The van der Waals surface area contributed by atoms with Crippen molar-refractivity contribution >= 4 is 5.97 Å². The van der Waals surface area contributed by atoms with Gasteiger partial charge in [0.2, 0.25) is 0 Å². The molecule has 1 atom stereocenters. The second-order valence-electron chi connectivity index (χ2n) is 5.89. The van der Waals surface area contributed by atoms with Gasteiger partial charge in [0, 0.05) is 12.7 Å². The summed E-state index contributed by atoms with van der Waals surface area (Å²) in [5, 5.41) is 0. The number of carbonyl (C=O) groups excluding carboxylic acids is 1. The third-order valence-corrected chi connectivity index (χ3v) is 4.27. The number of carbonyl (C=O) groups is 1. The number of likely N-dealkylation sites (tertiary alicyclic amines) is 1. The average molecular weight is 290 g/mol. The van der Waals surface area contributed by atoms with E-state index in [4.69, 9.17) is 0 Å². The molecule has 2 rings (SSSR count). The fraction of sp³-hybridized carbons (Fsp3) is 0.647. The molecule has 21 heavy (non-hydrogen) atoms. The lowest BCUT2D eigenvalue weighted by Gasteiger charge is -2.19. The van der Waals surface area contributed by atoms with Crippen LogP contribution in [0.1, 0.15) is 55.1 Å². The molecule has 1 saturated heterocycles. The Balaban J connectivity index is 1.88. The van der Waals surface area contributed by atoms with Gasteiger partial charge in [-0.15, -0.1) is 0 Å². The Morgan fingerprint density at radius 1 is 1.38 bits per heavy atom. The summed E-state index contributed by atoms with van der Waals surface area (Å²) < 4.78 is 4.69. The van der Waals surface area contributed by atoms with E-state index in [9.17, 15) is 4.79 Å². The maximum Gasteiger partial charge on any atom is 0.339 e. The van der Waals surface area contributed by atoms with Crippen LogP contribution < -0.4 is 0 Å². The molecule has 1 aliphatic heterocycles. The van der Waals surface area contributed by atoms with Crippen molar-refractivity contribution in [3.63, 3.8) is 0 Å². The summed E-state index contributed by atoms with van der Waals surface area (Å²) in [6.45, 7) is 5.46. The van der Waals surface area contributed by atoms with Crippen molar-refractivity contribution in [1.29, 1.82) is 0 Å². The SMILES string of the molecule is CCCC1CCCN(Cc2ccc(C(=O)OC)cn2)CC1. The Labute approximate surface area is 127 Å². The lowest BCUT2D eigenvalue weighted by molar-refractivity contribution is 0.0600. The molecule has 1 aliphatic rings. The summed E-state index contributed by atoms with van der Waals surface area (Å²) >= 11 is 0. The third kappa shape index (κ3) is 4.81. The number of nitrogens with zero attached hydrogens (tertiary/aromatic N) is 2. The summed E-state index contributed by atoms with van der Waals surface area (Å²) in [6, 6.07) is 3.73. The first-order chi connectivity index (χ1) is 10.2. The van der Waals surface area contributed by atoms with E-state index >= 15 is 0 Å². The molecule has 0 amide bonds. The quantitative estimate of drug-likeness (QED) is 0.781. The van der Waals surface area contributed by atoms with Crippen LogP contribution in [0.15, 0.2) is 18.3 Å². The standard InChI is InChI=1S/C17H26N2O2/c1-3-5-14-6-4-10-19(11-9-14)13-16-8-7-15(12-18-16)17(20)21-2/h7-8,12,14H,3-6,9-11,13H2,1-2H3. The van der Waals surface area contributed by atoms with Crippen molar-refractivity contribution in [2.24, 2.45) is 5.92 Å². The molecular formula is C17H26N2O2. The smallest absolute Gasteiger partial charge is 0.339 e. The predicted octanol–water partition coefficient (Wildman–Crippen LogP) is 3.27. The van der Waals surface area contributed by atoms with E-state index in [0.717, 1.165) is 31.2 Å². The van der Waals surface area contributed by atoms with Gasteiger partial charge in [0.25, 0.3) is 0 Å². The van der Waals surface area contributed by atoms with E-state index in [1.165, 1.54) is 39.2 Å². The van der Waals surface area contributed by atoms with Crippen LogP contribution in [-0.2, 0) is 11.3 Å². The highest BCUT2D eigenvalue weighted by Gasteiger charge is 2.17. The Hall–Kier alpha value is -1.42. The van der Waals surface area contributed by atoms with Crippen LogP contribution in [0.5, 0.6) is 0 Å². The van der Waals surface area contributed by atoms with Gasteiger partial charge in [-0.25, -0.2) is 4.79 Å². The molecule has 1 unspecified atom stereocenters. The largest absolute Gasteiger partial charge is 0.465 e. The first-order valence-corrected chi connectivity index (χ1v) is 7.98. The summed E-state index contributed by atoms with van der Waals surface area (Å²) in [5.74, 6) is 0.570. The highest BCUT2D eigenvalue weighted by Crippen LogP contribution is 2.22. The first-order valence-electron chi connectivity index (χ1n) is 7.98. The van der Waals surface area contributed by atoms with Crippen LogP contribution in [0.4, 0.5) is 0 Å². The maximum atomic E-state index is 11.4.